The van der Waals surface area contributed by atoms with Crippen LogP contribution in [0.25, 0.3) is 10.9 Å². The summed E-state index contributed by atoms with van der Waals surface area (Å²) in [5.74, 6) is 0.252. The van der Waals surface area contributed by atoms with E-state index in [1.54, 1.807) is 6.20 Å². The van der Waals surface area contributed by atoms with Crippen LogP contribution in [0.2, 0.25) is 0 Å². The predicted molar refractivity (Wildman–Crippen MR) is 95.4 cm³/mol. The third-order valence-corrected chi connectivity index (χ3v) is 4.59. The minimum atomic E-state index is -0.421. The summed E-state index contributed by atoms with van der Waals surface area (Å²) in [6.07, 6.45) is 6.05. The molecule has 0 spiro atoms. The Morgan fingerprint density at radius 2 is 2.24 bits per heavy atom. The lowest BCUT2D eigenvalue weighted by Gasteiger charge is -2.36. The number of piperidine rings is 1. The summed E-state index contributed by atoms with van der Waals surface area (Å²) in [7, 11) is 0. The summed E-state index contributed by atoms with van der Waals surface area (Å²) < 4.78 is 14.3. The van der Waals surface area contributed by atoms with Gasteiger partial charge >= 0.3 is 0 Å². The lowest BCUT2D eigenvalue weighted by molar-refractivity contribution is 0.453. The van der Waals surface area contributed by atoms with Gasteiger partial charge in [0.1, 0.15) is 0 Å². The largest absolute Gasteiger partial charge is 0.350 e. The Labute approximate surface area is 144 Å². The van der Waals surface area contributed by atoms with Crippen molar-refractivity contribution in [3.63, 3.8) is 0 Å². The van der Waals surface area contributed by atoms with Crippen LogP contribution in [0.15, 0.2) is 30.6 Å². The van der Waals surface area contributed by atoms with E-state index >= 15 is 0 Å². The normalized spacial score (nSPS) is 17.8. The minimum Gasteiger partial charge on any atom is -0.350 e. The molecule has 1 atom stereocenters. The van der Waals surface area contributed by atoms with E-state index in [0.717, 1.165) is 42.4 Å². The van der Waals surface area contributed by atoms with Crippen LogP contribution in [0.3, 0.4) is 0 Å². The molecule has 0 amide bonds. The average molecular weight is 341 g/mol. The number of H-pyrrole nitrogens is 1. The number of halogens is 1. The number of nitrogens with two attached hydrogens (primary N) is 1. The van der Waals surface area contributed by atoms with Gasteiger partial charge in [0.25, 0.3) is 0 Å². The molecule has 1 aliphatic rings. The average Bonchev–Trinajstić information content (AvgIpc) is 3.11. The molecule has 0 radical (unpaired) electrons. The highest BCUT2D eigenvalue weighted by Crippen LogP contribution is 2.27. The zero-order valence-electron chi connectivity index (χ0n) is 13.7. The molecule has 8 heteroatoms. The van der Waals surface area contributed by atoms with Crippen molar-refractivity contribution < 1.29 is 4.39 Å². The van der Waals surface area contributed by atoms with E-state index < -0.39 is 5.82 Å². The molecule has 3 heterocycles. The molecular weight excluding hydrogens is 321 g/mol. The summed E-state index contributed by atoms with van der Waals surface area (Å²) in [5.41, 5.74) is 7.57. The van der Waals surface area contributed by atoms with Gasteiger partial charge in [0.05, 0.1) is 17.9 Å². The van der Waals surface area contributed by atoms with Crippen LogP contribution in [-0.4, -0.2) is 39.3 Å². The van der Waals surface area contributed by atoms with Crippen LogP contribution in [0, 0.1) is 5.82 Å². The lowest BCUT2D eigenvalue weighted by atomic mass is 10.0. The number of rotatable bonds is 4. The van der Waals surface area contributed by atoms with Crippen molar-refractivity contribution in [2.75, 3.05) is 23.3 Å². The van der Waals surface area contributed by atoms with E-state index in [4.69, 9.17) is 5.73 Å². The number of aromatic amines is 1. The topological polar surface area (TPSA) is 95.7 Å². The van der Waals surface area contributed by atoms with Crippen molar-refractivity contribution in [1.82, 2.24) is 20.2 Å². The van der Waals surface area contributed by atoms with Crippen molar-refractivity contribution in [2.45, 2.75) is 25.3 Å². The second kappa shape index (κ2) is 6.64. The fourth-order valence-electron chi connectivity index (χ4n) is 3.29. The molecule has 4 N–H and O–H groups in total. The van der Waals surface area contributed by atoms with E-state index in [-0.39, 0.29) is 6.04 Å². The Balaban J connectivity index is 1.62. The van der Waals surface area contributed by atoms with Gasteiger partial charge < -0.3 is 16.0 Å². The number of anilines is 3. The number of aromatic nitrogens is 4. The van der Waals surface area contributed by atoms with E-state index in [9.17, 15) is 4.39 Å². The first-order valence-electron chi connectivity index (χ1n) is 8.44. The first-order valence-corrected chi connectivity index (χ1v) is 8.44. The standard InChI is InChI=1S/C17H20FN7/c18-14-10-20-17(22-12-5-4-11-9-21-24-15(11)7-12)23-16(14)25-6-2-1-3-13(25)8-19/h4-5,7,9-10,13H,1-3,6,8,19H2,(H,21,24)(H,20,22,23). The van der Waals surface area contributed by atoms with Gasteiger partial charge in [-0.15, -0.1) is 0 Å². The molecule has 1 aliphatic heterocycles. The number of nitrogens with one attached hydrogen (secondary N) is 2. The predicted octanol–water partition coefficient (Wildman–Crippen LogP) is 2.55. The second-order valence-corrected chi connectivity index (χ2v) is 6.24. The molecule has 4 rings (SSSR count). The van der Waals surface area contributed by atoms with Crippen LogP contribution in [-0.2, 0) is 0 Å². The first kappa shape index (κ1) is 15.8. The quantitative estimate of drug-likeness (QED) is 0.675. The van der Waals surface area contributed by atoms with Gasteiger partial charge in [0.2, 0.25) is 5.95 Å². The molecule has 3 aromatic rings. The molecule has 2 aromatic heterocycles. The van der Waals surface area contributed by atoms with Crippen LogP contribution < -0.4 is 16.0 Å². The van der Waals surface area contributed by atoms with Crippen molar-refractivity contribution in [3.05, 3.63) is 36.4 Å². The molecule has 0 aliphatic carbocycles. The van der Waals surface area contributed by atoms with Crippen LogP contribution in [0.4, 0.5) is 21.8 Å². The van der Waals surface area contributed by atoms with Gasteiger partial charge in [-0.1, -0.05) is 0 Å². The molecular formula is C17H20FN7. The van der Waals surface area contributed by atoms with Gasteiger partial charge in [0.15, 0.2) is 11.6 Å². The molecule has 0 saturated carbocycles. The number of hydrogen-bond donors (Lipinski definition) is 3. The summed E-state index contributed by atoms with van der Waals surface area (Å²) >= 11 is 0. The molecule has 1 aromatic carbocycles. The maximum absolute atomic E-state index is 14.3. The Bertz CT molecular complexity index is 878. The fourth-order valence-corrected chi connectivity index (χ4v) is 3.29. The highest BCUT2D eigenvalue weighted by Gasteiger charge is 2.25. The van der Waals surface area contributed by atoms with Crippen LogP contribution >= 0.6 is 0 Å². The Hall–Kier alpha value is -2.74. The molecule has 0 bridgehead atoms. The number of nitrogens with zero attached hydrogens (tertiary/aromatic N) is 4. The highest BCUT2D eigenvalue weighted by atomic mass is 19.1. The van der Waals surface area contributed by atoms with Crippen LogP contribution in [0.5, 0.6) is 0 Å². The summed E-state index contributed by atoms with van der Waals surface area (Å²) in [6.45, 7) is 1.25. The third kappa shape index (κ3) is 3.12. The summed E-state index contributed by atoms with van der Waals surface area (Å²) in [5, 5.41) is 11.1. The smallest absolute Gasteiger partial charge is 0.229 e. The van der Waals surface area contributed by atoms with Crippen molar-refractivity contribution in [3.8, 4) is 0 Å². The minimum absolute atomic E-state index is 0.118. The van der Waals surface area contributed by atoms with Crippen molar-refractivity contribution in [1.29, 1.82) is 0 Å². The van der Waals surface area contributed by atoms with Gasteiger partial charge in [-0.2, -0.15) is 10.1 Å². The Morgan fingerprint density at radius 3 is 3.12 bits per heavy atom. The van der Waals surface area contributed by atoms with Gasteiger partial charge in [0, 0.05) is 30.2 Å². The molecule has 1 unspecified atom stereocenters. The van der Waals surface area contributed by atoms with Crippen LogP contribution in [0.1, 0.15) is 19.3 Å². The SMILES string of the molecule is NCC1CCCCN1c1nc(Nc2ccc3cn[nH]c3c2)ncc1F. The maximum atomic E-state index is 14.3. The maximum Gasteiger partial charge on any atom is 0.229 e. The number of benzene rings is 1. The summed E-state index contributed by atoms with van der Waals surface area (Å²) in [4.78, 5) is 10.4. The van der Waals surface area contributed by atoms with Gasteiger partial charge in [-0.3, -0.25) is 5.10 Å². The van der Waals surface area contributed by atoms with Crippen molar-refractivity contribution >= 4 is 28.4 Å². The molecule has 130 valence electrons. The zero-order valence-corrected chi connectivity index (χ0v) is 13.7. The summed E-state index contributed by atoms with van der Waals surface area (Å²) in [6, 6.07) is 5.89. The lowest BCUT2D eigenvalue weighted by Crippen LogP contribution is -2.45. The number of fused-ring (bicyclic) bond motifs is 1. The fraction of sp³-hybridized carbons (Fsp3) is 0.353. The number of hydrogen-bond acceptors (Lipinski definition) is 6. The van der Waals surface area contributed by atoms with E-state index in [1.807, 2.05) is 23.1 Å². The molecule has 25 heavy (non-hydrogen) atoms. The van der Waals surface area contributed by atoms with E-state index in [1.165, 1.54) is 6.20 Å². The van der Waals surface area contributed by atoms with Gasteiger partial charge in [-0.25, -0.2) is 9.37 Å². The van der Waals surface area contributed by atoms with Gasteiger partial charge in [-0.05, 0) is 37.5 Å². The Morgan fingerprint density at radius 1 is 1.32 bits per heavy atom. The van der Waals surface area contributed by atoms with E-state index in [0.29, 0.717) is 18.3 Å². The Kier molecular flexibility index (Phi) is 4.19. The second-order valence-electron chi connectivity index (χ2n) is 6.24. The molecule has 1 saturated heterocycles. The highest BCUT2D eigenvalue weighted by molar-refractivity contribution is 5.82. The van der Waals surface area contributed by atoms with Crippen molar-refractivity contribution in [2.24, 2.45) is 5.73 Å². The monoisotopic (exact) mass is 341 g/mol. The molecule has 7 nitrogen and oxygen atoms in total. The molecule has 1 fully saturated rings. The first-order chi connectivity index (χ1) is 12.2. The van der Waals surface area contributed by atoms with E-state index in [2.05, 4.69) is 25.5 Å². The third-order valence-electron chi connectivity index (χ3n) is 4.59. The zero-order chi connectivity index (χ0) is 17.2.